The van der Waals surface area contributed by atoms with Crippen LogP contribution < -0.4 is 24.8 Å². The first-order valence-corrected chi connectivity index (χ1v) is 11.6. The molecule has 0 bridgehead atoms. The summed E-state index contributed by atoms with van der Waals surface area (Å²) < 4.78 is 73.7. The number of amides is 1. The van der Waals surface area contributed by atoms with Crippen molar-refractivity contribution in [2.75, 3.05) is 14.2 Å². The Bertz CT molecular complexity index is 1120. The van der Waals surface area contributed by atoms with Gasteiger partial charge >= 0.3 is 6.36 Å². The van der Waals surface area contributed by atoms with Crippen molar-refractivity contribution in [1.82, 2.24) is 15.4 Å². The molecule has 1 heterocycles. The zero-order chi connectivity index (χ0) is 24.3. The molecule has 0 saturated heterocycles. The molecule has 2 aromatic rings. The third-order valence-electron chi connectivity index (χ3n) is 3.79. The van der Waals surface area contributed by atoms with Crippen LogP contribution in [0.3, 0.4) is 0 Å². The molecule has 1 amide bonds. The molecule has 1 aromatic carbocycles. The summed E-state index contributed by atoms with van der Waals surface area (Å²) >= 11 is 11.1. The summed E-state index contributed by atoms with van der Waals surface area (Å²) in [6, 6.07) is 4.33. The van der Waals surface area contributed by atoms with Crippen molar-refractivity contribution >= 4 is 56.2 Å². The van der Waals surface area contributed by atoms with E-state index in [9.17, 15) is 26.4 Å². The smallest absolute Gasteiger partial charge is 0.496 e. The van der Waals surface area contributed by atoms with Crippen LogP contribution in [-0.2, 0) is 10.0 Å². The van der Waals surface area contributed by atoms with E-state index in [-0.39, 0.29) is 26.3 Å². The lowest BCUT2D eigenvalue weighted by atomic mass is 10.1. The number of thiophene rings is 1. The van der Waals surface area contributed by atoms with Gasteiger partial charge in [0.25, 0.3) is 15.9 Å². The van der Waals surface area contributed by atoms with E-state index in [4.69, 9.17) is 28.6 Å². The molecule has 1 atom stereocenters. The zero-order valence-electron chi connectivity index (χ0n) is 16.7. The largest absolute Gasteiger partial charge is 0.573 e. The third kappa shape index (κ3) is 6.60. The standard InChI is InChI=1S/C17H17ClF3N3O5S3/c1-8(23-14(25)10-6-9(18)4-5-11(10)28-3)13-7-12(29-17(19,20)21)15(31-13)32(26,27)24-16(30)22-2/h4-8H,1-3H3,(H,23,25)(H2,22,24,30). The number of carbonyl (C=O) groups is 1. The molecule has 0 saturated carbocycles. The monoisotopic (exact) mass is 531 g/mol. The van der Waals surface area contributed by atoms with Crippen molar-refractivity contribution in [2.45, 2.75) is 23.5 Å². The number of nitrogens with one attached hydrogen (secondary N) is 3. The highest BCUT2D eigenvalue weighted by Crippen LogP contribution is 2.39. The molecule has 8 nitrogen and oxygen atoms in total. The van der Waals surface area contributed by atoms with Crippen LogP contribution in [0.4, 0.5) is 13.2 Å². The number of hydrogen-bond donors (Lipinski definition) is 3. The third-order valence-corrected chi connectivity index (χ3v) is 7.62. The number of methoxy groups -OCH3 is 1. The fraction of sp³-hybridized carbons (Fsp3) is 0.294. The van der Waals surface area contributed by atoms with E-state index in [0.717, 1.165) is 6.07 Å². The number of rotatable bonds is 7. The second kappa shape index (κ2) is 10.1. The molecule has 2 rings (SSSR count). The predicted octanol–water partition coefficient (Wildman–Crippen LogP) is 3.58. The molecule has 176 valence electrons. The highest BCUT2D eigenvalue weighted by molar-refractivity contribution is 7.93. The Hall–Kier alpha value is -2.29. The van der Waals surface area contributed by atoms with Crippen LogP contribution in [0.15, 0.2) is 28.5 Å². The molecule has 0 aliphatic carbocycles. The molecule has 0 radical (unpaired) electrons. The van der Waals surface area contributed by atoms with Crippen LogP contribution in [0.25, 0.3) is 0 Å². The summed E-state index contributed by atoms with van der Waals surface area (Å²) in [5.74, 6) is -1.37. The SMILES string of the molecule is CNC(=S)NS(=O)(=O)c1sc(C(C)NC(=O)c2cc(Cl)ccc2OC)cc1OC(F)(F)F. The van der Waals surface area contributed by atoms with Gasteiger partial charge in [0.1, 0.15) is 5.75 Å². The van der Waals surface area contributed by atoms with Crippen molar-refractivity contribution < 1.29 is 35.9 Å². The number of sulfonamides is 1. The quantitative estimate of drug-likeness (QED) is 0.469. The van der Waals surface area contributed by atoms with Gasteiger partial charge in [0.05, 0.1) is 18.7 Å². The van der Waals surface area contributed by atoms with Crippen molar-refractivity contribution in [2.24, 2.45) is 0 Å². The minimum absolute atomic E-state index is 0.0781. The van der Waals surface area contributed by atoms with Crippen molar-refractivity contribution in [3.05, 3.63) is 39.7 Å². The van der Waals surface area contributed by atoms with Crippen LogP contribution in [0, 0.1) is 0 Å². The maximum absolute atomic E-state index is 12.8. The van der Waals surface area contributed by atoms with Crippen LogP contribution in [0.1, 0.15) is 28.2 Å². The van der Waals surface area contributed by atoms with Gasteiger partial charge in [0.15, 0.2) is 15.1 Å². The number of benzene rings is 1. The molecular formula is C17H17ClF3N3O5S3. The normalized spacial score (nSPS) is 12.6. The minimum atomic E-state index is -5.15. The molecule has 0 aliphatic heterocycles. The highest BCUT2D eigenvalue weighted by Gasteiger charge is 2.36. The van der Waals surface area contributed by atoms with Gasteiger partial charge in [-0.05, 0) is 43.4 Å². The summed E-state index contributed by atoms with van der Waals surface area (Å²) in [6.07, 6.45) is -5.15. The summed E-state index contributed by atoms with van der Waals surface area (Å²) in [4.78, 5) is 12.7. The Kier molecular flexibility index (Phi) is 8.20. The number of ether oxygens (including phenoxy) is 2. The zero-order valence-corrected chi connectivity index (χ0v) is 19.9. The molecular weight excluding hydrogens is 515 g/mol. The average Bonchev–Trinajstić information content (AvgIpc) is 3.10. The average molecular weight is 532 g/mol. The van der Waals surface area contributed by atoms with Crippen LogP contribution in [0.5, 0.6) is 11.5 Å². The first kappa shape index (κ1) is 26.0. The lowest BCUT2D eigenvalue weighted by Crippen LogP contribution is -2.37. The van der Waals surface area contributed by atoms with Gasteiger partial charge in [-0.15, -0.1) is 24.5 Å². The van der Waals surface area contributed by atoms with E-state index in [2.05, 4.69) is 15.4 Å². The maximum Gasteiger partial charge on any atom is 0.573 e. The highest BCUT2D eigenvalue weighted by atomic mass is 35.5. The molecule has 0 spiro atoms. The second-order valence-corrected chi connectivity index (χ2v) is 9.88. The van der Waals surface area contributed by atoms with Crippen molar-refractivity contribution in [3.8, 4) is 11.5 Å². The van der Waals surface area contributed by atoms with Gasteiger partial charge in [0, 0.05) is 16.9 Å². The molecule has 1 unspecified atom stereocenters. The van der Waals surface area contributed by atoms with E-state index >= 15 is 0 Å². The molecule has 0 aliphatic rings. The lowest BCUT2D eigenvalue weighted by Gasteiger charge is -2.14. The van der Waals surface area contributed by atoms with Crippen LogP contribution >= 0.6 is 35.2 Å². The number of hydrogen-bond acceptors (Lipinski definition) is 7. The van der Waals surface area contributed by atoms with E-state index in [1.54, 1.807) is 0 Å². The summed E-state index contributed by atoms with van der Waals surface area (Å²) in [5.41, 5.74) is 0.0871. The molecule has 15 heteroatoms. The Morgan fingerprint density at radius 3 is 2.47 bits per heavy atom. The first-order valence-electron chi connectivity index (χ1n) is 8.55. The van der Waals surface area contributed by atoms with Gasteiger partial charge in [-0.3, -0.25) is 9.52 Å². The molecule has 1 aromatic heterocycles. The molecule has 32 heavy (non-hydrogen) atoms. The first-order chi connectivity index (χ1) is 14.8. The summed E-state index contributed by atoms with van der Waals surface area (Å²) in [7, 11) is -1.81. The summed E-state index contributed by atoms with van der Waals surface area (Å²) in [5, 5.41) is 4.85. The molecule has 0 fully saturated rings. The predicted molar refractivity (Wildman–Crippen MR) is 117 cm³/mol. The van der Waals surface area contributed by atoms with Gasteiger partial charge in [0.2, 0.25) is 0 Å². The number of halogens is 4. The van der Waals surface area contributed by atoms with E-state index < -0.39 is 38.3 Å². The van der Waals surface area contributed by atoms with E-state index in [0.29, 0.717) is 11.3 Å². The van der Waals surface area contributed by atoms with Crippen molar-refractivity contribution in [3.63, 3.8) is 0 Å². The number of carbonyl (C=O) groups excluding carboxylic acids is 1. The van der Waals surface area contributed by atoms with E-state index in [1.807, 2.05) is 4.72 Å². The maximum atomic E-state index is 12.8. The number of alkyl halides is 3. The minimum Gasteiger partial charge on any atom is -0.496 e. The Balaban J connectivity index is 2.39. The molecule has 3 N–H and O–H groups in total. The van der Waals surface area contributed by atoms with Gasteiger partial charge in [-0.2, -0.15) is 0 Å². The Morgan fingerprint density at radius 2 is 1.91 bits per heavy atom. The fourth-order valence-electron chi connectivity index (χ4n) is 2.39. The van der Waals surface area contributed by atoms with Gasteiger partial charge in [-0.25, -0.2) is 8.42 Å². The Morgan fingerprint density at radius 1 is 1.25 bits per heavy atom. The van der Waals surface area contributed by atoms with Crippen molar-refractivity contribution in [1.29, 1.82) is 0 Å². The van der Waals surface area contributed by atoms with Crippen LogP contribution in [0.2, 0.25) is 5.02 Å². The topological polar surface area (TPSA) is 106 Å². The van der Waals surface area contributed by atoms with Gasteiger partial charge in [-0.1, -0.05) is 11.6 Å². The van der Waals surface area contributed by atoms with Gasteiger partial charge < -0.3 is 20.1 Å². The second-order valence-electron chi connectivity index (χ2n) is 6.07. The van der Waals surface area contributed by atoms with Crippen LogP contribution in [-0.4, -0.2) is 40.0 Å². The Labute approximate surface area is 196 Å². The van der Waals surface area contributed by atoms with E-state index in [1.165, 1.54) is 39.3 Å². The fourth-order valence-corrected chi connectivity index (χ4v) is 5.37. The summed E-state index contributed by atoms with van der Waals surface area (Å²) in [6.45, 7) is 1.46. The lowest BCUT2D eigenvalue weighted by molar-refractivity contribution is -0.275. The number of thiocarbonyl (C=S) groups is 1.